The molecule has 2 aromatic rings. The Bertz CT molecular complexity index is 734. The average Bonchev–Trinajstić information content (AvgIpc) is 3.14. The summed E-state index contributed by atoms with van der Waals surface area (Å²) in [7, 11) is 1.57. The van der Waals surface area contributed by atoms with Crippen molar-refractivity contribution in [1.29, 1.82) is 0 Å². The lowest BCUT2D eigenvalue weighted by atomic mass is 10.3. The molecule has 3 rings (SSSR count). The van der Waals surface area contributed by atoms with E-state index in [4.69, 9.17) is 11.6 Å². The number of nitrogens with zero attached hydrogens (tertiary/aromatic N) is 7. The molecular weight excluding hydrogens is 371 g/mol. The van der Waals surface area contributed by atoms with Gasteiger partial charge in [-0.1, -0.05) is 11.3 Å². The van der Waals surface area contributed by atoms with Gasteiger partial charge in [0.2, 0.25) is 21.2 Å². The number of rotatable bonds is 2. The molecule has 0 spiro atoms. The highest BCUT2D eigenvalue weighted by Crippen LogP contribution is 2.34. The third-order valence-electron chi connectivity index (χ3n) is 3.40. The molecule has 3 heterocycles. The number of anilines is 1. The molecule has 13 heteroatoms. The molecule has 24 heavy (non-hydrogen) atoms. The molecule has 0 radical (unpaired) electrons. The number of hydrogen-bond acceptors (Lipinski definition) is 7. The van der Waals surface area contributed by atoms with E-state index < -0.39 is 11.2 Å². The first-order valence-electron chi connectivity index (χ1n) is 6.77. The van der Waals surface area contributed by atoms with Gasteiger partial charge in [-0.3, -0.25) is 4.79 Å². The molecule has 130 valence electrons. The topological polar surface area (TPSA) is 80.0 Å². The summed E-state index contributed by atoms with van der Waals surface area (Å²) in [4.78, 5) is 19.3. The van der Waals surface area contributed by atoms with Gasteiger partial charge in [0, 0.05) is 33.2 Å². The maximum absolute atomic E-state index is 12.6. The summed E-state index contributed by atoms with van der Waals surface area (Å²) in [5, 5.41) is 9.96. The van der Waals surface area contributed by atoms with Crippen LogP contribution in [-0.2, 0) is 13.2 Å². The fourth-order valence-electron chi connectivity index (χ4n) is 2.16. The van der Waals surface area contributed by atoms with E-state index >= 15 is 0 Å². The maximum atomic E-state index is 12.6. The first-order valence-corrected chi connectivity index (χ1v) is 7.96. The second-order valence-corrected chi connectivity index (χ2v) is 6.29. The molecule has 1 aliphatic heterocycles. The first-order chi connectivity index (χ1) is 11.3. The number of amides is 1. The van der Waals surface area contributed by atoms with E-state index in [-0.39, 0.29) is 22.1 Å². The van der Waals surface area contributed by atoms with Gasteiger partial charge in [-0.25, -0.2) is 4.68 Å². The van der Waals surface area contributed by atoms with Crippen molar-refractivity contribution >= 4 is 34.0 Å². The third kappa shape index (κ3) is 3.29. The fourth-order valence-corrected chi connectivity index (χ4v) is 3.04. The molecule has 1 amide bonds. The predicted molar refractivity (Wildman–Crippen MR) is 79.0 cm³/mol. The highest BCUT2D eigenvalue weighted by Gasteiger charge is 2.36. The van der Waals surface area contributed by atoms with Crippen LogP contribution in [0.1, 0.15) is 15.6 Å². The van der Waals surface area contributed by atoms with Gasteiger partial charge in [-0.15, -0.1) is 15.3 Å². The van der Waals surface area contributed by atoms with Crippen LogP contribution >= 0.6 is 22.9 Å². The van der Waals surface area contributed by atoms with Gasteiger partial charge in [0.05, 0.1) is 0 Å². The van der Waals surface area contributed by atoms with Crippen molar-refractivity contribution in [3.8, 4) is 0 Å². The minimum Gasteiger partial charge on any atom is -0.343 e. The Hall–Kier alpha value is -1.95. The molecule has 0 N–H and O–H groups in total. The number of aromatic nitrogens is 5. The lowest BCUT2D eigenvalue weighted by Crippen LogP contribution is -2.49. The standard InChI is InChI=1S/C11H11ClF3N7OS/c1-20-9(12)16-6(19-20)7(23)21-2-4-22(5-3-21)10-18-17-8(24-10)11(13,14)15/h2-5H2,1H3. The number of piperazine rings is 1. The second kappa shape index (κ2) is 6.16. The van der Waals surface area contributed by atoms with Gasteiger partial charge in [0.15, 0.2) is 0 Å². The Morgan fingerprint density at radius 2 is 1.88 bits per heavy atom. The molecular formula is C11H11ClF3N7OS. The van der Waals surface area contributed by atoms with Crippen molar-refractivity contribution in [3.05, 3.63) is 16.1 Å². The van der Waals surface area contributed by atoms with E-state index in [0.717, 1.165) is 0 Å². The zero-order valence-corrected chi connectivity index (χ0v) is 13.9. The van der Waals surface area contributed by atoms with Crippen LogP contribution < -0.4 is 4.90 Å². The van der Waals surface area contributed by atoms with E-state index in [1.807, 2.05) is 0 Å². The summed E-state index contributed by atoms with van der Waals surface area (Å²) in [6, 6.07) is 0. The monoisotopic (exact) mass is 381 g/mol. The lowest BCUT2D eigenvalue weighted by Gasteiger charge is -2.33. The second-order valence-electron chi connectivity index (χ2n) is 4.99. The van der Waals surface area contributed by atoms with Crippen LogP contribution in [0.4, 0.5) is 18.3 Å². The Morgan fingerprint density at radius 1 is 1.21 bits per heavy atom. The first kappa shape index (κ1) is 16.9. The van der Waals surface area contributed by atoms with Crippen LogP contribution in [0.3, 0.4) is 0 Å². The minimum absolute atomic E-state index is 0.00813. The van der Waals surface area contributed by atoms with Gasteiger partial charge >= 0.3 is 6.18 Å². The van der Waals surface area contributed by atoms with Gasteiger partial charge < -0.3 is 9.80 Å². The summed E-state index contributed by atoms with van der Waals surface area (Å²) in [6.45, 7) is 1.32. The molecule has 0 bridgehead atoms. The minimum atomic E-state index is -4.50. The lowest BCUT2D eigenvalue weighted by molar-refractivity contribution is -0.138. The summed E-state index contributed by atoms with van der Waals surface area (Å²) >= 11 is 6.25. The van der Waals surface area contributed by atoms with Crippen molar-refractivity contribution in [1.82, 2.24) is 29.9 Å². The van der Waals surface area contributed by atoms with Crippen LogP contribution in [0, 0.1) is 0 Å². The smallest absolute Gasteiger partial charge is 0.343 e. The van der Waals surface area contributed by atoms with Crippen LogP contribution in [-0.4, -0.2) is 61.9 Å². The van der Waals surface area contributed by atoms with Crippen LogP contribution in [0.15, 0.2) is 0 Å². The largest absolute Gasteiger partial charge is 0.445 e. The highest BCUT2D eigenvalue weighted by molar-refractivity contribution is 7.15. The summed E-state index contributed by atoms with van der Waals surface area (Å²) < 4.78 is 39.0. The number of hydrogen-bond donors (Lipinski definition) is 0. The summed E-state index contributed by atoms with van der Waals surface area (Å²) in [6.07, 6.45) is -4.50. The zero-order chi connectivity index (χ0) is 17.5. The van der Waals surface area contributed by atoms with E-state index in [2.05, 4.69) is 20.3 Å². The van der Waals surface area contributed by atoms with Crippen molar-refractivity contribution in [2.24, 2.45) is 7.05 Å². The molecule has 1 fully saturated rings. The molecule has 0 aromatic carbocycles. The van der Waals surface area contributed by atoms with Crippen molar-refractivity contribution in [2.45, 2.75) is 6.18 Å². The number of halogens is 4. The normalized spacial score (nSPS) is 15.9. The Kier molecular flexibility index (Phi) is 4.34. The van der Waals surface area contributed by atoms with Gasteiger partial charge in [0.25, 0.3) is 5.91 Å². The summed E-state index contributed by atoms with van der Waals surface area (Å²) in [5.74, 6) is -0.378. The Balaban J connectivity index is 1.63. The number of aryl methyl sites for hydroxylation is 1. The highest BCUT2D eigenvalue weighted by atomic mass is 35.5. The number of alkyl halides is 3. The van der Waals surface area contributed by atoms with Gasteiger partial charge in [0.1, 0.15) is 0 Å². The van der Waals surface area contributed by atoms with E-state index in [1.54, 1.807) is 11.9 Å². The maximum Gasteiger partial charge on any atom is 0.445 e. The Morgan fingerprint density at radius 3 is 2.38 bits per heavy atom. The van der Waals surface area contributed by atoms with Gasteiger partial charge in [-0.05, 0) is 11.6 Å². The molecule has 0 atom stereocenters. The molecule has 8 nitrogen and oxygen atoms in total. The van der Waals surface area contributed by atoms with Crippen LogP contribution in [0.5, 0.6) is 0 Å². The van der Waals surface area contributed by atoms with Gasteiger partial charge in [-0.2, -0.15) is 18.2 Å². The molecule has 1 aliphatic rings. The quantitative estimate of drug-likeness (QED) is 0.780. The van der Waals surface area contributed by atoms with Crippen LogP contribution in [0.2, 0.25) is 5.28 Å². The predicted octanol–water partition coefficient (Wildman–Crippen LogP) is 1.30. The zero-order valence-electron chi connectivity index (χ0n) is 12.3. The van der Waals surface area contributed by atoms with E-state index in [1.165, 1.54) is 9.58 Å². The van der Waals surface area contributed by atoms with Crippen LogP contribution in [0.25, 0.3) is 0 Å². The Labute approximate surface area is 142 Å². The molecule has 1 saturated heterocycles. The van der Waals surface area contributed by atoms with Crippen molar-refractivity contribution in [2.75, 3.05) is 31.1 Å². The van der Waals surface area contributed by atoms with Crippen molar-refractivity contribution in [3.63, 3.8) is 0 Å². The molecule has 2 aromatic heterocycles. The molecule has 0 unspecified atom stereocenters. The molecule has 0 saturated carbocycles. The fraction of sp³-hybridized carbons (Fsp3) is 0.545. The van der Waals surface area contributed by atoms with E-state index in [0.29, 0.717) is 37.5 Å². The van der Waals surface area contributed by atoms with E-state index in [9.17, 15) is 18.0 Å². The van der Waals surface area contributed by atoms with Crippen molar-refractivity contribution < 1.29 is 18.0 Å². The third-order valence-corrected chi connectivity index (χ3v) is 4.75. The summed E-state index contributed by atoms with van der Waals surface area (Å²) in [5.41, 5.74) is 0. The molecule has 0 aliphatic carbocycles. The number of carbonyl (C=O) groups is 1. The average molecular weight is 382 g/mol. The number of carbonyl (C=O) groups excluding carboxylic acids is 1. The SMILES string of the molecule is Cn1nc(C(=O)N2CCN(c3nnc(C(F)(F)F)s3)CC2)nc1Cl.